The van der Waals surface area contributed by atoms with Crippen LogP contribution in [-0.2, 0) is 23.1 Å². The van der Waals surface area contributed by atoms with E-state index >= 15 is 0 Å². The number of aliphatic hydroxyl groups is 1. The van der Waals surface area contributed by atoms with E-state index in [1.807, 2.05) is 6.92 Å². The monoisotopic (exact) mass is 329 g/mol. The predicted molar refractivity (Wildman–Crippen MR) is 79.0 cm³/mol. The highest BCUT2D eigenvalue weighted by molar-refractivity contribution is 7.93. The molecule has 21 heavy (non-hydrogen) atoms. The van der Waals surface area contributed by atoms with Gasteiger partial charge in [0.1, 0.15) is 15.7 Å². The van der Waals surface area contributed by atoms with Gasteiger partial charge in [-0.15, -0.1) is 10.2 Å². The minimum Gasteiger partial charge on any atom is -0.495 e. The van der Waals surface area contributed by atoms with Gasteiger partial charge in [0, 0.05) is 0 Å². The van der Waals surface area contributed by atoms with Gasteiger partial charge in [-0.3, -0.25) is 4.72 Å². The third kappa shape index (κ3) is 3.49. The van der Waals surface area contributed by atoms with Crippen molar-refractivity contribution in [2.24, 2.45) is 0 Å². The molecule has 0 atom stereocenters. The number of aryl methyl sites for hydroxylation is 1. The summed E-state index contributed by atoms with van der Waals surface area (Å²) in [5.41, 5.74) is 0.475. The number of nitrogens with one attached hydrogen (secondary N) is 1. The number of aliphatic hydroxyl groups excluding tert-OH is 1. The van der Waals surface area contributed by atoms with E-state index in [4.69, 9.17) is 9.84 Å². The minimum atomic E-state index is -3.86. The summed E-state index contributed by atoms with van der Waals surface area (Å²) in [4.78, 5) is -0.0511. The van der Waals surface area contributed by atoms with Crippen LogP contribution in [0.25, 0.3) is 0 Å². The molecular formula is C12H15N3O4S2. The molecule has 9 heteroatoms. The van der Waals surface area contributed by atoms with E-state index in [0.29, 0.717) is 12.0 Å². The largest absolute Gasteiger partial charge is 0.495 e. The lowest BCUT2D eigenvalue weighted by atomic mass is 10.2. The van der Waals surface area contributed by atoms with Crippen LogP contribution in [0.15, 0.2) is 23.1 Å². The molecule has 2 N–H and O–H groups in total. The van der Waals surface area contributed by atoms with E-state index in [2.05, 4.69) is 14.9 Å². The van der Waals surface area contributed by atoms with Crippen LogP contribution in [0.2, 0.25) is 0 Å². The van der Waals surface area contributed by atoms with E-state index in [1.54, 1.807) is 6.07 Å². The summed E-state index contributed by atoms with van der Waals surface area (Å²) in [5, 5.41) is 17.7. The average molecular weight is 329 g/mol. The Morgan fingerprint density at radius 2 is 2.14 bits per heavy atom. The number of ether oxygens (including phenoxy) is 1. The topological polar surface area (TPSA) is 101 Å². The Labute approximate surface area is 126 Å². The molecule has 0 aliphatic heterocycles. The summed E-state index contributed by atoms with van der Waals surface area (Å²) in [6, 6.07) is 4.46. The molecule has 2 aromatic rings. The summed E-state index contributed by atoms with van der Waals surface area (Å²) < 4.78 is 32.3. The number of benzene rings is 1. The molecule has 1 aromatic carbocycles. The molecule has 0 fully saturated rings. The van der Waals surface area contributed by atoms with Crippen LogP contribution in [0.5, 0.6) is 5.75 Å². The standard InChI is InChI=1S/C12H15N3O4S2/c1-3-11-13-14-12(20-11)15-21(17,18)10-6-8(7-16)4-5-9(10)19-2/h4-6,16H,3,7H2,1-2H3,(H,14,15). The van der Waals surface area contributed by atoms with Crippen LogP contribution in [0.4, 0.5) is 5.13 Å². The van der Waals surface area contributed by atoms with Crippen LogP contribution >= 0.6 is 11.3 Å². The fourth-order valence-corrected chi connectivity index (χ4v) is 3.77. The first-order valence-electron chi connectivity index (χ1n) is 6.13. The zero-order chi connectivity index (χ0) is 15.5. The van der Waals surface area contributed by atoms with Gasteiger partial charge in [0.2, 0.25) is 5.13 Å². The van der Waals surface area contributed by atoms with Crippen molar-refractivity contribution in [1.29, 1.82) is 0 Å². The van der Waals surface area contributed by atoms with Gasteiger partial charge in [-0.1, -0.05) is 24.3 Å². The molecule has 1 heterocycles. The third-order valence-electron chi connectivity index (χ3n) is 2.69. The van der Waals surface area contributed by atoms with E-state index in [1.165, 1.54) is 30.6 Å². The maximum Gasteiger partial charge on any atom is 0.267 e. The number of rotatable bonds is 6. The smallest absolute Gasteiger partial charge is 0.267 e. The van der Waals surface area contributed by atoms with Crippen LogP contribution in [-0.4, -0.2) is 30.8 Å². The fourth-order valence-electron chi connectivity index (χ4n) is 1.64. The van der Waals surface area contributed by atoms with Gasteiger partial charge in [-0.25, -0.2) is 8.42 Å². The van der Waals surface area contributed by atoms with Crippen molar-refractivity contribution >= 4 is 26.5 Å². The molecule has 0 amide bonds. The Hall–Kier alpha value is -1.71. The Balaban J connectivity index is 2.38. The average Bonchev–Trinajstić information content (AvgIpc) is 2.93. The Kier molecular flexibility index (Phi) is 4.76. The second kappa shape index (κ2) is 6.37. The summed E-state index contributed by atoms with van der Waals surface area (Å²) >= 11 is 1.18. The summed E-state index contributed by atoms with van der Waals surface area (Å²) in [5.74, 6) is 0.194. The molecule has 0 bridgehead atoms. The van der Waals surface area contributed by atoms with Crippen molar-refractivity contribution in [3.05, 3.63) is 28.8 Å². The predicted octanol–water partition coefficient (Wildman–Crippen LogP) is 1.40. The van der Waals surface area contributed by atoms with Crippen LogP contribution in [0.1, 0.15) is 17.5 Å². The second-order valence-electron chi connectivity index (χ2n) is 4.10. The molecule has 2 rings (SSSR count). The molecule has 0 saturated heterocycles. The van der Waals surface area contributed by atoms with E-state index in [0.717, 1.165) is 5.01 Å². The van der Waals surface area contributed by atoms with Gasteiger partial charge in [-0.2, -0.15) is 0 Å². The van der Waals surface area contributed by atoms with Crippen LogP contribution in [0.3, 0.4) is 0 Å². The fraction of sp³-hybridized carbons (Fsp3) is 0.333. The summed E-state index contributed by atoms with van der Waals surface area (Å²) in [7, 11) is -2.48. The highest BCUT2D eigenvalue weighted by Gasteiger charge is 2.22. The van der Waals surface area contributed by atoms with Crippen LogP contribution < -0.4 is 9.46 Å². The maximum atomic E-state index is 12.4. The Morgan fingerprint density at radius 3 is 2.71 bits per heavy atom. The molecule has 0 aliphatic rings. The summed E-state index contributed by atoms with van der Waals surface area (Å²) in [6.45, 7) is 1.65. The van der Waals surface area contributed by atoms with Crippen molar-refractivity contribution in [2.45, 2.75) is 24.8 Å². The first-order valence-corrected chi connectivity index (χ1v) is 8.43. The minimum absolute atomic E-state index is 0.0511. The van der Waals surface area contributed by atoms with Crippen molar-refractivity contribution in [1.82, 2.24) is 10.2 Å². The number of aromatic nitrogens is 2. The van der Waals surface area contributed by atoms with Crippen molar-refractivity contribution in [3.63, 3.8) is 0 Å². The van der Waals surface area contributed by atoms with Gasteiger partial charge in [-0.05, 0) is 24.1 Å². The van der Waals surface area contributed by atoms with E-state index in [9.17, 15) is 8.42 Å². The number of hydrogen-bond acceptors (Lipinski definition) is 7. The number of hydrogen-bond donors (Lipinski definition) is 2. The molecule has 7 nitrogen and oxygen atoms in total. The lowest BCUT2D eigenvalue weighted by Crippen LogP contribution is -2.14. The highest BCUT2D eigenvalue weighted by atomic mass is 32.2. The van der Waals surface area contributed by atoms with Crippen molar-refractivity contribution in [3.8, 4) is 5.75 Å². The molecule has 0 saturated carbocycles. The SMILES string of the molecule is CCc1nnc(NS(=O)(=O)c2cc(CO)ccc2OC)s1. The molecule has 1 aromatic heterocycles. The Morgan fingerprint density at radius 1 is 1.38 bits per heavy atom. The normalized spacial score (nSPS) is 11.4. The van der Waals surface area contributed by atoms with Crippen molar-refractivity contribution < 1.29 is 18.3 Å². The first kappa shape index (κ1) is 15.7. The molecular weight excluding hydrogens is 314 g/mol. The molecule has 114 valence electrons. The summed E-state index contributed by atoms with van der Waals surface area (Å²) in [6.07, 6.45) is 0.683. The van der Waals surface area contributed by atoms with Crippen LogP contribution in [0, 0.1) is 0 Å². The number of anilines is 1. The molecule has 0 spiro atoms. The van der Waals surface area contributed by atoms with Gasteiger partial charge in [0.25, 0.3) is 10.0 Å². The number of sulfonamides is 1. The van der Waals surface area contributed by atoms with Gasteiger partial charge >= 0.3 is 0 Å². The third-order valence-corrected chi connectivity index (χ3v) is 5.16. The van der Waals surface area contributed by atoms with E-state index in [-0.39, 0.29) is 22.4 Å². The number of methoxy groups -OCH3 is 1. The first-order chi connectivity index (χ1) is 10.00. The van der Waals surface area contributed by atoms with E-state index < -0.39 is 10.0 Å². The molecule has 0 unspecified atom stereocenters. The zero-order valence-corrected chi connectivity index (χ0v) is 13.2. The van der Waals surface area contributed by atoms with Gasteiger partial charge in [0.15, 0.2) is 0 Å². The number of nitrogens with zero attached hydrogens (tertiary/aromatic N) is 2. The lowest BCUT2D eigenvalue weighted by Gasteiger charge is -2.10. The lowest BCUT2D eigenvalue weighted by molar-refractivity contribution is 0.281. The molecule has 0 radical (unpaired) electrons. The highest BCUT2D eigenvalue weighted by Crippen LogP contribution is 2.28. The Bertz CT molecular complexity index is 728. The quantitative estimate of drug-likeness (QED) is 0.831. The maximum absolute atomic E-state index is 12.4. The van der Waals surface area contributed by atoms with Gasteiger partial charge < -0.3 is 9.84 Å². The van der Waals surface area contributed by atoms with Gasteiger partial charge in [0.05, 0.1) is 13.7 Å². The molecule has 0 aliphatic carbocycles. The van der Waals surface area contributed by atoms with Crippen molar-refractivity contribution in [2.75, 3.05) is 11.8 Å². The second-order valence-corrected chi connectivity index (χ2v) is 6.82. The zero-order valence-electron chi connectivity index (χ0n) is 11.5.